The smallest absolute Gasteiger partial charge is 0.0413 e. The summed E-state index contributed by atoms with van der Waals surface area (Å²) in [4.78, 5) is 4.33. The zero-order valence-electron chi connectivity index (χ0n) is 6.76. The van der Waals surface area contributed by atoms with Crippen molar-refractivity contribution < 1.29 is 0 Å². The van der Waals surface area contributed by atoms with Crippen LogP contribution >= 0.6 is 15.9 Å². The van der Waals surface area contributed by atoms with E-state index in [0.717, 1.165) is 29.9 Å². The van der Waals surface area contributed by atoms with Crippen molar-refractivity contribution in [2.24, 2.45) is 5.92 Å². The van der Waals surface area contributed by atoms with E-state index in [1.54, 1.807) is 0 Å². The highest BCUT2D eigenvalue weighted by Gasteiger charge is 2.17. The van der Waals surface area contributed by atoms with Gasteiger partial charge in [0.15, 0.2) is 0 Å². The second kappa shape index (κ2) is 3.54. The van der Waals surface area contributed by atoms with Crippen LogP contribution in [0.25, 0.3) is 0 Å². The number of rotatable bonds is 2. The highest BCUT2D eigenvalue weighted by molar-refractivity contribution is 9.10. The monoisotopic (exact) mass is 226 g/mol. The molecule has 0 aromatic carbocycles. The Hall–Kier alpha value is -0.410. The molecule has 0 radical (unpaired) electrons. The molecule has 0 spiro atoms. The van der Waals surface area contributed by atoms with E-state index in [9.17, 15) is 0 Å². The Labute approximate surface area is 80.5 Å². The third kappa shape index (κ3) is 1.84. The van der Waals surface area contributed by atoms with Crippen molar-refractivity contribution in [3.63, 3.8) is 0 Å². The van der Waals surface area contributed by atoms with Crippen LogP contribution < -0.4 is 5.32 Å². The lowest BCUT2D eigenvalue weighted by atomic mass is 9.97. The van der Waals surface area contributed by atoms with E-state index in [4.69, 9.17) is 0 Å². The van der Waals surface area contributed by atoms with Crippen molar-refractivity contribution in [3.8, 4) is 0 Å². The summed E-state index contributed by atoms with van der Waals surface area (Å²) >= 11 is 3.37. The fourth-order valence-electron chi connectivity index (χ4n) is 1.32. The molecule has 2 rings (SSSR count). The Balaban J connectivity index is 1.98. The molecule has 1 saturated heterocycles. The normalized spacial score (nSPS) is 17.4. The van der Waals surface area contributed by atoms with Gasteiger partial charge in [-0.15, -0.1) is 0 Å². The van der Waals surface area contributed by atoms with Crippen molar-refractivity contribution in [2.75, 3.05) is 13.1 Å². The van der Waals surface area contributed by atoms with Gasteiger partial charge >= 0.3 is 0 Å². The predicted octanol–water partition coefficient (Wildman–Crippen LogP) is 1.61. The van der Waals surface area contributed by atoms with Crippen LogP contribution in [-0.4, -0.2) is 18.1 Å². The second-order valence-corrected chi connectivity index (χ2v) is 4.11. The van der Waals surface area contributed by atoms with E-state index in [-0.39, 0.29) is 0 Å². The maximum absolute atomic E-state index is 4.33. The molecular weight excluding hydrogens is 216 g/mol. The van der Waals surface area contributed by atoms with Gasteiger partial charge in [-0.1, -0.05) is 0 Å². The minimum Gasteiger partial charge on any atom is -0.316 e. The van der Waals surface area contributed by atoms with Gasteiger partial charge in [0.2, 0.25) is 0 Å². The number of nitrogens with zero attached hydrogens (tertiary/aromatic N) is 1. The van der Waals surface area contributed by atoms with Crippen LogP contribution in [0.15, 0.2) is 22.8 Å². The molecule has 0 amide bonds. The van der Waals surface area contributed by atoms with Gasteiger partial charge in [-0.05, 0) is 53.5 Å². The molecule has 2 nitrogen and oxygen atoms in total. The van der Waals surface area contributed by atoms with Crippen LogP contribution in [0.2, 0.25) is 0 Å². The molecule has 0 saturated carbocycles. The van der Waals surface area contributed by atoms with Crippen molar-refractivity contribution in [1.82, 2.24) is 10.3 Å². The molecule has 64 valence electrons. The van der Waals surface area contributed by atoms with Crippen LogP contribution in [0.5, 0.6) is 0 Å². The SMILES string of the molecule is Brc1ccc(CC2CNC2)nc1. The summed E-state index contributed by atoms with van der Waals surface area (Å²) in [6.45, 7) is 2.30. The largest absolute Gasteiger partial charge is 0.316 e. The van der Waals surface area contributed by atoms with E-state index < -0.39 is 0 Å². The van der Waals surface area contributed by atoms with E-state index >= 15 is 0 Å². The lowest BCUT2D eigenvalue weighted by Crippen LogP contribution is -2.43. The molecule has 0 aliphatic carbocycles. The molecule has 0 atom stereocenters. The summed E-state index contributed by atoms with van der Waals surface area (Å²) in [6, 6.07) is 4.14. The van der Waals surface area contributed by atoms with Crippen molar-refractivity contribution in [3.05, 3.63) is 28.5 Å². The first-order chi connectivity index (χ1) is 5.84. The number of aromatic nitrogens is 1. The van der Waals surface area contributed by atoms with Gasteiger partial charge in [-0.25, -0.2) is 0 Å². The van der Waals surface area contributed by atoms with Gasteiger partial charge in [0.05, 0.1) is 0 Å². The molecule has 1 fully saturated rings. The first-order valence-electron chi connectivity index (χ1n) is 4.16. The summed E-state index contributed by atoms with van der Waals surface area (Å²) in [6.07, 6.45) is 2.97. The molecule has 3 heteroatoms. The molecule has 1 aliphatic heterocycles. The zero-order chi connectivity index (χ0) is 8.39. The quantitative estimate of drug-likeness (QED) is 0.830. The fraction of sp³-hybridized carbons (Fsp3) is 0.444. The van der Waals surface area contributed by atoms with Crippen LogP contribution in [0.3, 0.4) is 0 Å². The summed E-state index contributed by atoms with van der Waals surface area (Å²) in [5.74, 6) is 0.804. The molecule has 0 bridgehead atoms. The lowest BCUT2D eigenvalue weighted by molar-refractivity contribution is 0.344. The molecule has 1 aromatic heterocycles. The number of hydrogen-bond donors (Lipinski definition) is 1. The predicted molar refractivity (Wildman–Crippen MR) is 52.0 cm³/mol. The van der Waals surface area contributed by atoms with Gasteiger partial charge in [-0.3, -0.25) is 4.98 Å². The van der Waals surface area contributed by atoms with Crippen LogP contribution in [0.4, 0.5) is 0 Å². The molecule has 1 N–H and O–H groups in total. The molecular formula is C9H11BrN2. The lowest BCUT2D eigenvalue weighted by Gasteiger charge is -2.26. The van der Waals surface area contributed by atoms with Crippen molar-refractivity contribution in [1.29, 1.82) is 0 Å². The van der Waals surface area contributed by atoms with Crippen molar-refractivity contribution in [2.45, 2.75) is 6.42 Å². The summed E-state index contributed by atoms with van der Waals surface area (Å²) in [7, 11) is 0. The third-order valence-electron chi connectivity index (χ3n) is 2.15. The highest BCUT2D eigenvalue weighted by Crippen LogP contribution is 2.13. The molecule has 0 unspecified atom stereocenters. The highest BCUT2D eigenvalue weighted by atomic mass is 79.9. The second-order valence-electron chi connectivity index (χ2n) is 3.20. The van der Waals surface area contributed by atoms with E-state index in [2.05, 4.69) is 38.4 Å². The average molecular weight is 227 g/mol. The minimum absolute atomic E-state index is 0.804. The van der Waals surface area contributed by atoms with E-state index in [0.29, 0.717) is 0 Å². The van der Waals surface area contributed by atoms with E-state index in [1.807, 2.05) is 6.20 Å². The maximum atomic E-state index is 4.33. The molecule has 2 heterocycles. The Kier molecular flexibility index (Phi) is 2.42. The Morgan fingerprint density at radius 3 is 2.83 bits per heavy atom. The zero-order valence-corrected chi connectivity index (χ0v) is 8.34. The van der Waals surface area contributed by atoms with Gasteiger partial charge in [0, 0.05) is 16.4 Å². The Morgan fingerprint density at radius 2 is 2.33 bits per heavy atom. The topological polar surface area (TPSA) is 24.9 Å². The maximum Gasteiger partial charge on any atom is 0.0413 e. The first kappa shape index (κ1) is 8.20. The van der Waals surface area contributed by atoms with Gasteiger partial charge in [0.1, 0.15) is 0 Å². The standard InChI is InChI=1S/C9H11BrN2/c10-8-1-2-9(12-6-8)3-7-4-11-5-7/h1-2,6-7,11H,3-5H2. The van der Waals surface area contributed by atoms with Crippen LogP contribution in [0, 0.1) is 5.92 Å². The third-order valence-corrected chi connectivity index (χ3v) is 2.62. The Bertz CT molecular complexity index is 254. The fourth-order valence-corrected chi connectivity index (χ4v) is 1.55. The molecule has 12 heavy (non-hydrogen) atoms. The summed E-state index contributed by atoms with van der Waals surface area (Å²) < 4.78 is 1.05. The van der Waals surface area contributed by atoms with E-state index in [1.165, 1.54) is 5.69 Å². The van der Waals surface area contributed by atoms with Crippen LogP contribution in [-0.2, 0) is 6.42 Å². The summed E-state index contributed by atoms with van der Waals surface area (Å²) in [5.41, 5.74) is 1.20. The minimum atomic E-state index is 0.804. The number of halogens is 1. The molecule has 1 aromatic rings. The van der Waals surface area contributed by atoms with Crippen molar-refractivity contribution >= 4 is 15.9 Å². The number of nitrogens with one attached hydrogen (secondary N) is 1. The first-order valence-corrected chi connectivity index (χ1v) is 4.95. The van der Waals surface area contributed by atoms with Crippen LogP contribution in [0.1, 0.15) is 5.69 Å². The molecule has 1 aliphatic rings. The van der Waals surface area contributed by atoms with Gasteiger partial charge < -0.3 is 5.32 Å². The van der Waals surface area contributed by atoms with Gasteiger partial charge in [-0.2, -0.15) is 0 Å². The average Bonchev–Trinajstić information content (AvgIpc) is 2.00. The Morgan fingerprint density at radius 1 is 1.50 bits per heavy atom. The number of hydrogen-bond acceptors (Lipinski definition) is 2. The summed E-state index contributed by atoms with van der Waals surface area (Å²) in [5, 5.41) is 3.26. The van der Waals surface area contributed by atoms with Gasteiger partial charge in [0.25, 0.3) is 0 Å². The number of pyridine rings is 1.